The minimum absolute atomic E-state index is 0.261. The molecular formula is C26H34N6O3. The van der Waals surface area contributed by atoms with Crippen LogP contribution < -0.4 is 0 Å². The second-order valence-electron chi connectivity index (χ2n) is 10.1. The highest BCUT2D eigenvalue weighted by Crippen LogP contribution is 2.33. The number of piperazine rings is 1. The zero-order chi connectivity index (χ0) is 24.4. The smallest absolute Gasteiger partial charge is 0.253 e. The first-order valence-corrected chi connectivity index (χ1v) is 12.5. The van der Waals surface area contributed by atoms with Crippen LogP contribution in [0.5, 0.6) is 0 Å². The van der Waals surface area contributed by atoms with Crippen molar-refractivity contribution in [1.29, 1.82) is 0 Å². The van der Waals surface area contributed by atoms with Gasteiger partial charge in [0.2, 0.25) is 11.8 Å². The zero-order valence-corrected chi connectivity index (χ0v) is 20.8. The van der Waals surface area contributed by atoms with Gasteiger partial charge < -0.3 is 13.8 Å². The molecule has 2 aliphatic rings. The van der Waals surface area contributed by atoms with E-state index in [0.717, 1.165) is 50.4 Å². The highest BCUT2D eigenvalue weighted by Gasteiger charge is 2.28. The third-order valence-electron chi connectivity index (χ3n) is 6.99. The van der Waals surface area contributed by atoms with Crippen molar-refractivity contribution in [3.8, 4) is 22.7 Å². The molecule has 0 unspecified atom stereocenters. The van der Waals surface area contributed by atoms with E-state index in [-0.39, 0.29) is 5.91 Å². The van der Waals surface area contributed by atoms with E-state index in [1.165, 1.54) is 6.42 Å². The van der Waals surface area contributed by atoms with Crippen molar-refractivity contribution in [1.82, 2.24) is 30.1 Å². The van der Waals surface area contributed by atoms with Crippen molar-refractivity contribution in [2.75, 3.05) is 45.8 Å². The molecule has 2 aliphatic heterocycles. The average molecular weight is 479 g/mol. The molecule has 9 nitrogen and oxygen atoms in total. The maximum Gasteiger partial charge on any atom is 0.253 e. The molecule has 186 valence electrons. The first kappa shape index (κ1) is 23.7. The third kappa shape index (κ3) is 5.46. The summed E-state index contributed by atoms with van der Waals surface area (Å²) in [4.78, 5) is 19.4. The van der Waals surface area contributed by atoms with Gasteiger partial charge in [-0.2, -0.15) is 0 Å². The van der Waals surface area contributed by atoms with Gasteiger partial charge in [-0.1, -0.05) is 49.3 Å². The molecule has 9 heteroatoms. The van der Waals surface area contributed by atoms with Crippen LogP contribution in [0.4, 0.5) is 0 Å². The van der Waals surface area contributed by atoms with Gasteiger partial charge in [-0.15, -0.1) is 10.2 Å². The molecule has 0 bridgehead atoms. The molecule has 0 saturated carbocycles. The lowest BCUT2D eigenvalue weighted by atomic mass is 9.92. The number of aromatic nitrogens is 3. The van der Waals surface area contributed by atoms with E-state index in [9.17, 15) is 4.79 Å². The van der Waals surface area contributed by atoms with Crippen LogP contribution in [0.25, 0.3) is 22.7 Å². The van der Waals surface area contributed by atoms with Crippen LogP contribution in [0.15, 0.2) is 39.3 Å². The summed E-state index contributed by atoms with van der Waals surface area (Å²) < 4.78 is 11.5. The Bertz CT molecular complexity index is 1130. The van der Waals surface area contributed by atoms with Gasteiger partial charge in [0.05, 0.1) is 13.1 Å². The van der Waals surface area contributed by atoms with Crippen LogP contribution in [0.1, 0.15) is 31.9 Å². The Hall–Kier alpha value is -3.04. The van der Waals surface area contributed by atoms with Crippen molar-refractivity contribution >= 4 is 5.91 Å². The van der Waals surface area contributed by atoms with Crippen molar-refractivity contribution in [3.63, 3.8) is 0 Å². The topological polar surface area (TPSA) is 91.7 Å². The molecule has 2 saturated heterocycles. The summed E-state index contributed by atoms with van der Waals surface area (Å²) in [6, 6.07) is 9.85. The van der Waals surface area contributed by atoms with Gasteiger partial charge >= 0.3 is 0 Å². The van der Waals surface area contributed by atoms with Gasteiger partial charge in [-0.3, -0.25) is 14.6 Å². The fraction of sp³-hybridized carbons (Fsp3) is 0.538. The number of carbonyl (C=O) groups is 1. The first-order chi connectivity index (χ1) is 17.0. The number of benzene rings is 1. The van der Waals surface area contributed by atoms with Gasteiger partial charge in [-0.05, 0) is 25.2 Å². The summed E-state index contributed by atoms with van der Waals surface area (Å²) in [6.45, 7) is 12.6. The highest BCUT2D eigenvalue weighted by atomic mass is 16.5. The van der Waals surface area contributed by atoms with E-state index < -0.39 is 0 Å². The van der Waals surface area contributed by atoms with Crippen LogP contribution in [-0.4, -0.2) is 81.8 Å². The molecular weight excluding hydrogens is 444 g/mol. The molecule has 0 spiro atoms. The number of likely N-dealkylation sites (tertiary alicyclic amines) is 1. The molecule has 1 aromatic carbocycles. The van der Waals surface area contributed by atoms with E-state index in [0.29, 0.717) is 48.2 Å². The van der Waals surface area contributed by atoms with Crippen molar-refractivity contribution in [3.05, 3.63) is 42.0 Å². The Balaban J connectivity index is 1.16. The molecule has 2 atom stereocenters. The molecule has 4 heterocycles. The number of hydrogen-bond acceptors (Lipinski definition) is 8. The van der Waals surface area contributed by atoms with E-state index in [2.05, 4.69) is 43.9 Å². The first-order valence-electron chi connectivity index (χ1n) is 12.5. The fourth-order valence-electron chi connectivity index (χ4n) is 5.29. The monoisotopic (exact) mass is 478 g/mol. The standard InChI is InChI=1S/C26H34N6O3/c1-18-13-19(2)15-32(14-18)23(33)17-31-11-9-30(10-12-31)16-22-27-28-26(34-22)24-20(3)35-29-25(24)21-7-5-4-6-8-21/h4-8,18-19H,9-17H2,1-3H3/t18-,19-/m0/s1. The minimum Gasteiger partial charge on any atom is -0.419 e. The summed E-state index contributed by atoms with van der Waals surface area (Å²) in [7, 11) is 0. The Morgan fingerprint density at radius 1 is 1.00 bits per heavy atom. The lowest BCUT2D eigenvalue weighted by Gasteiger charge is -2.38. The summed E-state index contributed by atoms with van der Waals surface area (Å²) >= 11 is 0. The number of carbonyl (C=O) groups excluding carboxylic acids is 1. The van der Waals surface area contributed by atoms with Gasteiger partial charge in [0.1, 0.15) is 17.0 Å². The lowest BCUT2D eigenvalue weighted by molar-refractivity contribution is -0.135. The van der Waals surface area contributed by atoms with Crippen LogP contribution >= 0.6 is 0 Å². The molecule has 0 radical (unpaired) electrons. The van der Waals surface area contributed by atoms with Crippen LogP contribution in [0, 0.1) is 18.8 Å². The number of nitrogens with zero attached hydrogens (tertiary/aromatic N) is 6. The Morgan fingerprint density at radius 3 is 2.40 bits per heavy atom. The molecule has 5 rings (SSSR count). The van der Waals surface area contributed by atoms with Gasteiger partial charge in [0.25, 0.3) is 5.89 Å². The molecule has 2 aromatic heterocycles. The van der Waals surface area contributed by atoms with Crippen LogP contribution in [-0.2, 0) is 11.3 Å². The number of aryl methyl sites for hydroxylation is 1. The van der Waals surface area contributed by atoms with Crippen LogP contribution in [0.3, 0.4) is 0 Å². The quantitative estimate of drug-likeness (QED) is 0.533. The molecule has 3 aromatic rings. The average Bonchev–Trinajstić information content (AvgIpc) is 3.46. The zero-order valence-electron chi connectivity index (χ0n) is 20.8. The fourth-order valence-corrected chi connectivity index (χ4v) is 5.29. The number of rotatable bonds is 6. The minimum atomic E-state index is 0.261. The highest BCUT2D eigenvalue weighted by molar-refractivity contribution is 5.78. The maximum atomic E-state index is 12.8. The van der Waals surface area contributed by atoms with E-state index in [1.54, 1.807) is 0 Å². The number of piperidine rings is 1. The van der Waals surface area contributed by atoms with Crippen molar-refractivity contribution < 1.29 is 13.7 Å². The van der Waals surface area contributed by atoms with E-state index in [1.807, 2.05) is 37.3 Å². The summed E-state index contributed by atoms with van der Waals surface area (Å²) in [5, 5.41) is 12.8. The Morgan fingerprint density at radius 2 is 1.69 bits per heavy atom. The molecule has 2 fully saturated rings. The molecule has 35 heavy (non-hydrogen) atoms. The normalized spacial score (nSPS) is 22.0. The maximum absolute atomic E-state index is 12.8. The molecule has 0 aliphatic carbocycles. The summed E-state index contributed by atoms with van der Waals surface area (Å²) in [6.07, 6.45) is 1.21. The Kier molecular flexibility index (Phi) is 6.97. The molecule has 1 amide bonds. The van der Waals surface area contributed by atoms with E-state index in [4.69, 9.17) is 8.94 Å². The predicted molar refractivity (Wildman–Crippen MR) is 131 cm³/mol. The number of hydrogen-bond donors (Lipinski definition) is 0. The predicted octanol–water partition coefficient (Wildman–Crippen LogP) is 3.32. The molecule has 0 N–H and O–H groups in total. The SMILES string of the molecule is Cc1onc(-c2ccccc2)c1-c1nnc(CN2CCN(CC(=O)N3C[C@@H](C)C[C@H](C)C3)CC2)o1. The van der Waals surface area contributed by atoms with E-state index >= 15 is 0 Å². The second-order valence-corrected chi connectivity index (χ2v) is 10.1. The van der Waals surface area contributed by atoms with Gasteiger partial charge in [0, 0.05) is 44.8 Å². The summed E-state index contributed by atoms with van der Waals surface area (Å²) in [5.41, 5.74) is 2.38. The van der Waals surface area contributed by atoms with Crippen LogP contribution in [0.2, 0.25) is 0 Å². The Labute approximate surface area is 206 Å². The third-order valence-corrected chi connectivity index (χ3v) is 6.99. The van der Waals surface area contributed by atoms with Gasteiger partial charge in [0.15, 0.2) is 0 Å². The summed E-state index contributed by atoms with van der Waals surface area (Å²) in [5.74, 6) is 3.08. The van der Waals surface area contributed by atoms with Gasteiger partial charge in [-0.25, -0.2) is 0 Å². The van der Waals surface area contributed by atoms with Crippen molar-refractivity contribution in [2.45, 2.75) is 33.7 Å². The second kappa shape index (κ2) is 10.3. The lowest BCUT2D eigenvalue weighted by Crippen LogP contribution is -2.51. The largest absolute Gasteiger partial charge is 0.419 e. The number of amides is 1. The van der Waals surface area contributed by atoms with Crippen molar-refractivity contribution in [2.24, 2.45) is 11.8 Å².